The summed E-state index contributed by atoms with van der Waals surface area (Å²) in [7, 11) is 1.79. The fraction of sp³-hybridized carbons (Fsp3) is 0.280. The molecule has 0 unspecified atom stereocenters. The molecule has 1 aromatic heterocycles. The van der Waals surface area contributed by atoms with E-state index < -0.39 is 18.2 Å². The number of aliphatic hydroxyl groups excluding tert-OH is 1. The van der Waals surface area contributed by atoms with Crippen molar-refractivity contribution >= 4 is 17.1 Å². The number of tetrazole rings is 1. The van der Waals surface area contributed by atoms with E-state index in [1.807, 2.05) is 30.3 Å². The van der Waals surface area contributed by atoms with E-state index in [0.29, 0.717) is 12.2 Å². The number of ether oxygens (including phenoxy) is 1. The summed E-state index contributed by atoms with van der Waals surface area (Å²) in [5, 5.41) is 22.2. The molecule has 2 atom stereocenters. The predicted molar refractivity (Wildman–Crippen MR) is 121 cm³/mol. The molecule has 1 saturated heterocycles. The standard InChI is InChI=1S/C25H26N4O3/c1-16-8-4-6-10-20(16)24(21-11-7-5-9-17(21)2)22(25-26-27-28-29(25)3)13-12-19-14-18(30)15-23(31)32-19/h4-13,18-19,30H,14-15H2,1-3H3/b13-12+/t18-,19-/m1/s1. The highest BCUT2D eigenvalue weighted by Crippen LogP contribution is 2.35. The number of benzene rings is 2. The van der Waals surface area contributed by atoms with E-state index in [9.17, 15) is 9.90 Å². The Hall–Kier alpha value is -3.58. The van der Waals surface area contributed by atoms with Crippen LogP contribution in [0.5, 0.6) is 0 Å². The molecule has 0 bridgehead atoms. The van der Waals surface area contributed by atoms with Crippen LogP contribution in [0.15, 0.2) is 60.7 Å². The second-order valence-corrected chi connectivity index (χ2v) is 8.03. The summed E-state index contributed by atoms with van der Waals surface area (Å²) < 4.78 is 7.05. The van der Waals surface area contributed by atoms with Crippen LogP contribution in [0.2, 0.25) is 0 Å². The van der Waals surface area contributed by atoms with Gasteiger partial charge < -0.3 is 9.84 Å². The molecule has 0 aliphatic carbocycles. The van der Waals surface area contributed by atoms with Crippen molar-refractivity contribution in [2.75, 3.05) is 0 Å². The highest BCUT2D eigenvalue weighted by molar-refractivity contribution is 6.02. The molecule has 1 fully saturated rings. The van der Waals surface area contributed by atoms with Gasteiger partial charge in [0.15, 0.2) is 5.82 Å². The van der Waals surface area contributed by atoms with Crippen LogP contribution in [0.1, 0.15) is 40.9 Å². The second-order valence-electron chi connectivity index (χ2n) is 8.03. The largest absolute Gasteiger partial charge is 0.458 e. The molecule has 1 aliphatic heterocycles. The summed E-state index contributed by atoms with van der Waals surface area (Å²) in [5.74, 6) is 0.188. The van der Waals surface area contributed by atoms with E-state index >= 15 is 0 Å². The topological polar surface area (TPSA) is 90.1 Å². The van der Waals surface area contributed by atoms with Gasteiger partial charge in [-0.15, -0.1) is 5.10 Å². The van der Waals surface area contributed by atoms with Crippen molar-refractivity contribution in [2.45, 2.75) is 38.9 Å². The quantitative estimate of drug-likeness (QED) is 0.493. The van der Waals surface area contributed by atoms with Crippen LogP contribution in [-0.2, 0) is 16.6 Å². The number of aryl methyl sites for hydroxylation is 3. The Morgan fingerprint density at radius 2 is 1.72 bits per heavy atom. The van der Waals surface area contributed by atoms with E-state index in [1.165, 1.54) is 0 Å². The highest BCUT2D eigenvalue weighted by atomic mass is 16.5. The first-order chi connectivity index (χ1) is 15.4. The number of allylic oxidation sites excluding steroid dienone is 2. The number of aromatic nitrogens is 4. The zero-order valence-electron chi connectivity index (χ0n) is 18.4. The number of hydrogen-bond donors (Lipinski definition) is 1. The summed E-state index contributed by atoms with van der Waals surface area (Å²) >= 11 is 0. The summed E-state index contributed by atoms with van der Waals surface area (Å²) in [4.78, 5) is 11.8. The molecule has 0 spiro atoms. The number of esters is 1. The third kappa shape index (κ3) is 4.53. The van der Waals surface area contributed by atoms with Crippen LogP contribution in [0.4, 0.5) is 0 Å². The number of nitrogens with zero attached hydrogens (tertiary/aromatic N) is 4. The number of cyclic esters (lactones) is 1. The third-order valence-corrected chi connectivity index (χ3v) is 5.63. The molecule has 0 radical (unpaired) electrons. The van der Waals surface area contributed by atoms with Gasteiger partial charge in [0.25, 0.3) is 0 Å². The van der Waals surface area contributed by atoms with Gasteiger partial charge in [-0.2, -0.15) is 0 Å². The molecule has 164 valence electrons. The fourth-order valence-electron chi connectivity index (χ4n) is 4.00. The van der Waals surface area contributed by atoms with Crippen molar-refractivity contribution < 1.29 is 14.6 Å². The Labute approximate surface area is 187 Å². The molecule has 2 aromatic carbocycles. The van der Waals surface area contributed by atoms with Gasteiger partial charge >= 0.3 is 5.97 Å². The van der Waals surface area contributed by atoms with Gasteiger partial charge in [0.2, 0.25) is 0 Å². The van der Waals surface area contributed by atoms with Gasteiger partial charge in [-0.25, -0.2) is 4.68 Å². The Balaban J connectivity index is 1.96. The molecule has 32 heavy (non-hydrogen) atoms. The van der Waals surface area contributed by atoms with Gasteiger partial charge in [0, 0.05) is 24.6 Å². The van der Waals surface area contributed by atoms with Gasteiger partial charge in [0.05, 0.1) is 12.5 Å². The maximum Gasteiger partial charge on any atom is 0.309 e. The minimum Gasteiger partial charge on any atom is -0.458 e. The molecule has 4 rings (SSSR count). The Morgan fingerprint density at radius 3 is 2.25 bits per heavy atom. The Morgan fingerprint density at radius 1 is 1.09 bits per heavy atom. The summed E-state index contributed by atoms with van der Waals surface area (Å²) in [6, 6.07) is 16.4. The van der Waals surface area contributed by atoms with Gasteiger partial charge in [-0.05, 0) is 52.6 Å². The predicted octanol–water partition coefficient (Wildman–Crippen LogP) is 3.41. The minimum absolute atomic E-state index is 0.0257. The molecule has 3 aromatic rings. The van der Waals surface area contributed by atoms with Crippen LogP contribution < -0.4 is 0 Å². The van der Waals surface area contributed by atoms with Crippen molar-refractivity contribution in [1.29, 1.82) is 0 Å². The molecule has 0 amide bonds. The lowest BCUT2D eigenvalue weighted by Gasteiger charge is -2.24. The number of hydrogen-bond acceptors (Lipinski definition) is 6. The zero-order chi connectivity index (χ0) is 22.7. The fourth-order valence-corrected chi connectivity index (χ4v) is 4.00. The monoisotopic (exact) mass is 430 g/mol. The van der Waals surface area contributed by atoms with Crippen LogP contribution >= 0.6 is 0 Å². The summed E-state index contributed by atoms with van der Waals surface area (Å²) in [6.07, 6.45) is 2.87. The number of rotatable bonds is 5. The van der Waals surface area contributed by atoms with E-state index in [-0.39, 0.29) is 6.42 Å². The van der Waals surface area contributed by atoms with Crippen molar-refractivity contribution in [1.82, 2.24) is 20.2 Å². The van der Waals surface area contributed by atoms with Crippen LogP contribution in [-0.4, -0.2) is 43.5 Å². The minimum atomic E-state index is -0.706. The van der Waals surface area contributed by atoms with E-state index in [2.05, 4.69) is 53.6 Å². The Kier molecular flexibility index (Phi) is 6.28. The zero-order valence-corrected chi connectivity index (χ0v) is 18.4. The van der Waals surface area contributed by atoms with E-state index in [4.69, 9.17) is 4.74 Å². The average molecular weight is 431 g/mol. The molecular weight excluding hydrogens is 404 g/mol. The first-order valence-electron chi connectivity index (χ1n) is 10.6. The average Bonchev–Trinajstić information content (AvgIpc) is 3.18. The van der Waals surface area contributed by atoms with Crippen LogP contribution in [0.25, 0.3) is 11.1 Å². The summed E-state index contributed by atoms with van der Waals surface area (Å²) in [5.41, 5.74) is 6.14. The molecule has 1 aliphatic rings. The summed E-state index contributed by atoms with van der Waals surface area (Å²) in [6.45, 7) is 4.15. The Bertz CT molecular complexity index is 1150. The van der Waals surface area contributed by atoms with Gasteiger partial charge in [-0.1, -0.05) is 54.6 Å². The van der Waals surface area contributed by atoms with Crippen molar-refractivity contribution in [3.05, 3.63) is 88.8 Å². The lowest BCUT2D eigenvalue weighted by atomic mass is 9.87. The van der Waals surface area contributed by atoms with Crippen LogP contribution in [0.3, 0.4) is 0 Å². The third-order valence-electron chi connectivity index (χ3n) is 5.63. The maximum absolute atomic E-state index is 11.8. The molecule has 2 heterocycles. The first-order valence-corrected chi connectivity index (χ1v) is 10.6. The molecule has 1 N–H and O–H groups in total. The number of carbonyl (C=O) groups is 1. The van der Waals surface area contributed by atoms with Gasteiger partial charge in [-0.3, -0.25) is 4.79 Å². The second kappa shape index (κ2) is 9.28. The molecule has 7 nitrogen and oxygen atoms in total. The normalized spacial score (nSPS) is 18.6. The molecule has 0 saturated carbocycles. The van der Waals surface area contributed by atoms with E-state index in [0.717, 1.165) is 33.4 Å². The lowest BCUT2D eigenvalue weighted by Crippen LogP contribution is -2.31. The maximum atomic E-state index is 11.8. The highest BCUT2D eigenvalue weighted by Gasteiger charge is 2.26. The smallest absolute Gasteiger partial charge is 0.309 e. The SMILES string of the molecule is Cc1ccccc1C(=C(/C=C/[C@@H]1C[C@@H](O)CC(=O)O1)c1nnnn1C)c1ccccc1C. The van der Waals surface area contributed by atoms with Gasteiger partial charge in [0.1, 0.15) is 6.10 Å². The lowest BCUT2D eigenvalue weighted by molar-refractivity contribution is -0.156. The molecule has 7 heteroatoms. The van der Waals surface area contributed by atoms with Crippen molar-refractivity contribution in [2.24, 2.45) is 7.05 Å². The van der Waals surface area contributed by atoms with Crippen molar-refractivity contribution in [3.8, 4) is 0 Å². The number of aliphatic hydroxyl groups is 1. The van der Waals surface area contributed by atoms with Crippen molar-refractivity contribution in [3.63, 3.8) is 0 Å². The number of carbonyl (C=O) groups excluding carboxylic acids is 1. The van der Waals surface area contributed by atoms with E-state index in [1.54, 1.807) is 17.8 Å². The molecular formula is C25H26N4O3. The van der Waals surface area contributed by atoms with Crippen LogP contribution in [0, 0.1) is 13.8 Å². The first kappa shape index (κ1) is 21.6.